The molecule has 1 aliphatic heterocycles. The number of nitrogens with zero attached hydrogens (tertiary/aromatic N) is 3. The van der Waals surface area contributed by atoms with Crippen LogP contribution >= 0.6 is 0 Å². The van der Waals surface area contributed by atoms with Gasteiger partial charge in [0.05, 0.1) is 6.04 Å². The van der Waals surface area contributed by atoms with Crippen LogP contribution in [-0.4, -0.2) is 53.5 Å². The van der Waals surface area contributed by atoms with Crippen LogP contribution in [0.2, 0.25) is 0 Å². The summed E-state index contributed by atoms with van der Waals surface area (Å²) in [7, 11) is 0. The van der Waals surface area contributed by atoms with E-state index in [1.54, 1.807) is 0 Å². The Labute approximate surface area is 118 Å². The summed E-state index contributed by atoms with van der Waals surface area (Å²) in [4.78, 5) is 9.53. The molecule has 0 bridgehead atoms. The van der Waals surface area contributed by atoms with Crippen LogP contribution in [0, 0.1) is 0 Å². The van der Waals surface area contributed by atoms with Crippen molar-refractivity contribution in [2.45, 2.75) is 64.5 Å². The fraction of sp³-hybridized carbons (Fsp3) is 0.933. The van der Waals surface area contributed by atoms with E-state index in [1.807, 2.05) is 0 Å². The number of hydrogen-bond donors (Lipinski definition) is 1. The van der Waals surface area contributed by atoms with E-state index in [4.69, 9.17) is 10.7 Å². The van der Waals surface area contributed by atoms with Crippen molar-refractivity contribution in [3.63, 3.8) is 0 Å². The lowest BCUT2D eigenvalue weighted by molar-refractivity contribution is 0.0876. The third-order valence-corrected chi connectivity index (χ3v) is 4.44. The summed E-state index contributed by atoms with van der Waals surface area (Å²) in [5, 5.41) is 0. The van der Waals surface area contributed by atoms with Gasteiger partial charge in [0.2, 0.25) is 0 Å². The predicted molar refractivity (Wildman–Crippen MR) is 81.4 cm³/mol. The van der Waals surface area contributed by atoms with Gasteiger partial charge < -0.3 is 10.6 Å². The van der Waals surface area contributed by atoms with Gasteiger partial charge in [-0.2, -0.15) is 0 Å². The van der Waals surface area contributed by atoms with Crippen molar-refractivity contribution in [2.75, 3.05) is 26.2 Å². The van der Waals surface area contributed by atoms with Gasteiger partial charge in [-0.3, -0.25) is 4.90 Å². The Bertz CT molecular complexity index is 305. The Morgan fingerprint density at radius 1 is 1.00 bits per heavy atom. The average molecular weight is 266 g/mol. The molecule has 2 aliphatic rings. The van der Waals surface area contributed by atoms with Crippen molar-refractivity contribution in [3.05, 3.63) is 0 Å². The minimum absolute atomic E-state index is 0.265. The van der Waals surface area contributed by atoms with Crippen molar-refractivity contribution in [3.8, 4) is 0 Å². The van der Waals surface area contributed by atoms with Crippen LogP contribution in [0.4, 0.5) is 0 Å². The van der Waals surface area contributed by atoms with Crippen LogP contribution in [0.15, 0.2) is 4.99 Å². The zero-order chi connectivity index (χ0) is 13.9. The topological polar surface area (TPSA) is 44.9 Å². The van der Waals surface area contributed by atoms with Gasteiger partial charge in [0, 0.05) is 31.7 Å². The number of guanidine groups is 1. The normalized spacial score (nSPS) is 24.8. The van der Waals surface area contributed by atoms with Gasteiger partial charge in [0.15, 0.2) is 5.96 Å². The number of aliphatic imine (C=N–C) groups is 1. The van der Waals surface area contributed by atoms with Crippen LogP contribution in [0.3, 0.4) is 0 Å². The van der Waals surface area contributed by atoms with Crippen LogP contribution in [0.25, 0.3) is 0 Å². The average Bonchev–Trinajstić information content (AvgIpc) is 2.39. The van der Waals surface area contributed by atoms with Gasteiger partial charge in [-0.15, -0.1) is 0 Å². The molecule has 0 spiro atoms. The highest BCUT2D eigenvalue weighted by molar-refractivity contribution is 5.78. The van der Waals surface area contributed by atoms with E-state index in [0.29, 0.717) is 6.04 Å². The van der Waals surface area contributed by atoms with Crippen molar-refractivity contribution in [1.29, 1.82) is 0 Å². The first-order chi connectivity index (χ1) is 8.97. The summed E-state index contributed by atoms with van der Waals surface area (Å²) in [6, 6.07) is 0.481. The molecular weight excluding hydrogens is 236 g/mol. The molecular formula is C15H30N4. The molecule has 0 unspecified atom stereocenters. The molecule has 4 heteroatoms. The van der Waals surface area contributed by atoms with Crippen molar-refractivity contribution in [2.24, 2.45) is 10.7 Å². The molecule has 4 nitrogen and oxygen atoms in total. The molecule has 0 radical (unpaired) electrons. The fourth-order valence-corrected chi connectivity index (χ4v) is 3.09. The monoisotopic (exact) mass is 266 g/mol. The van der Waals surface area contributed by atoms with Gasteiger partial charge in [0.1, 0.15) is 0 Å². The zero-order valence-corrected chi connectivity index (χ0v) is 12.9. The Morgan fingerprint density at radius 2 is 1.58 bits per heavy atom. The lowest BCUT2D eigenvalue weighted by atomic mass is 9.96. The van der Waals surface area contributed by atoms with E-state index in [9.17, 15) is 0 Å². The Morgan fingerprint density at radius 3 is 2.11 bits per heavy atom. The molecule has 0 amide bonds. The molecule has 0 aromatic carbocycles. The van der Waals surface area contributed by atoms with E-state index in [0.717, 1.165) is 32.1 Å². The van der Waals surface area contributed by atoms with Gasteiger partial charge in [0.25, 0.3) is 0 Å². The summed E-state index contributed by atoms with van der Waals surface area (Å²) in [6.07, 6.45) is 6.46. The first-order valence-corrected chi connectivity index (χ1v) is 7.80. The lowest BCUT2D eigenvalue weighted by Crippen LogP contribution is -2.56. The van der Waals surface area contributed by atoms with Crippen molar-refractivity contribution in [1.82, 2.24) is 9.80 Å². The Hall–Kier alpha value is -0.770. The van der Waals surface area contributed by atoms with Gasteiger partial charge in [-0.1, -0.05) is 19.3 Å². The number of rotatable bonds is 1. The highest BCUT2D eigenvalue weighted by Gasteiger charge is 2.26. The zero-order valence-electron chi connectivity index (χ0n) is 12.9. The molecule has 2 fully saturated rings. The third-order valence-electron chi connectivity index (χ3n) is 4.44. The van der Waals surface area contributed by atoms with E-state index in [-0.39, 0.29) is 5.54 Å². The molecule has 0 aromatic rings. The van der Waals surface area contributed by atoms with E-state index >= 15 is 0 Å². The fourth-order valence-electron chi connectivity index (χ4n) is 3.09. The van der Waals surface area contributed by atoms with Crippen molar-refractivity contribution >= 4 is 5.96 Å². The van der Waals surface area contributed by atoms with Crippen LogP contribution in [-0.2, 0) is 0 Å². The molecule has 1 heterocycles. The number of nitrogens with two attached hydrogens (primary N) is 1. The summed E-state index contributed by atoms with van der Waals surface area (Å²) in [5.74, 6) is 0.778. The maximum absolute atomic E-state index is 6.19. The molecule has 2 rings (SSSR count). The molecule has 110 valence electrons. The van der Waals surface area contributed by atoms with Gasteiger partial charge >= 0.3 is 0 Å². The largest absolute Gasteiger partial charge is 0.370 e. The van der Waals surface area contributed by atoms with E-state index in [2.05, 4.69) is 30.6 Å². The highest BCUT2D eigenvalue weighted by Crippen LogP contribution is 2.21. The standard InChI is InChI=1S/C15H30N4/c1-15(2,3)19-11-9-18(10-12-19)14(16)17-13-7-5-4-6-8-13/h13H,4-12H2,1-3H3,(H2,16,17). The molecule has 19 heavy (non-hydrogen) atoms. The van der Waals surface area contributed by atoms with E-state index in [1.165, 1.54) is 32.1 Å². The number of hydrogen-bond acceptors (Lipinski definition) is 2. The maximum Gasteiger partial charge on any atom is 0.191 e. The first kappa shape index (κ1) is 14.6. The summed E-state index contributed by atoms with van der Waals surface area (Å²) < 4.78 is 0. The molecule has 1 saturated heterocycles. The summed E-state index contributed by atoms with van der Waals surface area (Å²) >= 11 is 0. The van der Waals surface area contributed by atoms with Crippen LogP contribution in [0.5, 0.6) is 0 Å². The van der Waals surface area contributed by atoms with Crippen molar-refractivity contribution < 1.29 is 0 Å². The minimum Gasteiger partial charge on any atom is -0.370 e. The predicted octanol–water partition coefficient (Wildman–Crippen LogP) is 2.05. The molecule has 2 N–H and O–H groups in total. The first-order valence-electron chi connectivity index (χ1n) is 7.80. The lowest BCUT2D eigenvalue weighted by Gasteiger charge is -2.42. The quantitative estimate of drug-likeness (QED) is 0.583. The van der Waals surface area contributed by atoms with Crippen LogP contribution in [0.1, 0.15) is 52.9 Å². The molecule has 0 aromatic heterocycles. The summed E-state index contributed by atoms with van der Waals surface area (Å²) in [5.41, 5.74) is 6.46. The molecule has 0 atom stereocenters. The maximum atomic E-state index is 6.19. The van der Waals surface area contributed by atoms with Gasteiger partial charge in [-0.25, -0.2) is 4.99 Å². The highest BCUT2D eigenvalue weighted by atomic mass is 15.3. The minimum atomic E-state index is 0.265. The Balaban J connectivity index is 1.84. The third kappa shape index (κ3) is 4.10. The molecule has 1 aliphatic carbocycles. The number of piperazine rings is 1. The molecule has 1 saturated carbocycles. The Kier molecular flexibility index (Phi) is 4.71. The van der Waals surface area contributed by atoms with Crippen LogP contribution < -0.4 is 5.73 Å². The smallest absolute Gasteiger partial charge is 0.191 e. The summed E-state index contributed by atoms with van der Waals surface area (Å²) in [6.45, 7) is 11.0. The second kappa shape index (κ2) is 6.12. The SMILES string of the molecule is CC(C)(C)N1CCN(C(N)=NC2CCCCC2)CC1. The second-order valence-electron chi connectivity index (χ2n) is 6.92. The second-order valence-corrected chi connectivity index (χ2v) is 6.92. The van der Waals surface area contributed by atoms with Gasteiger partial charge in [-0.05, 0) is 33.6 Å². The van der Waals surface area contributed by atoms with E-state index < -0.39 is 0 Å².